The van der Waals surface area contributed by atoms with Gasteiger partial charge in [-0.15, -0.1) is 0 Å². The summed E-state index contributed by atoms with van der Waals surface area (Å²) in [5.41, 5.74) is -0.399. The van der Waals surface area contributed by atoms with Gasteiger partial charge in [-0.1, -0.05) is 17.8 Å². The second-order valence-corrected chi connectivity index (χ2v) is 3.22. The average Bonchev–Trinajstić information content (AvgIpc) is 2.22. The number of nitriles is 1. The maximum atomic E-state index is 13.1. The Morgan fingerprint density at radius 1 is 1.47 bits per heavy atom. The second kappa shape index (κ2) is 5.32. The molecule has 1 N–H and O–H groups in total. The molecule has 0 atom stereocenters. The molecule has 0 heterocycles. The molecular weight excluding hydrogens is 220 g/mol. The van der Waals surface area contributed by atoms with Crippen molar-refractivity contribution in [3.8, 4) is 6.19 Å². The Kier molecular flexibility index (Phi) is 4.06. The maximum absolute atomic E-state index is 13.1. The summed E-state index contributed by atoms with van der Waals surface area (Å²) in [4.78, 5) is 3.66. The van der Waals surface area contributed by atoms with E-state index in [2.05, 4.69) is 10.3 Å². The highest BCUT2D eigenvalue weighted by atomic mass is 32.2. The van der Waals surface area contributed by atoms with Crippen LogP contribution in [0.1, 0.15) is 0 Å². The van der Waals surface area contributed by atoms with Crippen LogP contribution in [0, 0.1) is 23.1 Å². The normalized spacial score (nSPS) is 10.9. The van der Waals surface area contributed by atoms with Gasteiger partial charge in [-0.25, -0.2) is 13.8 Å². The van der Waals surface area contributed by atoms with Gasteiger partial charge in [0.1, 0.15) is 5.69 Å². The van der Waals surface area contributed by atoms with E-state index in [4.69, 9.17) is 5.26 Å². The zero-order valence-electron chi connectivity index (χ0n) is 7.79. The van der Waals surface area contributed by atoms with E-state index < -0.39 is 17.3 Å². The van der Waals surface area contributed by atoms with Crippen molar-refractivity contribution in [1.82, 2.24) is 5.32 Å². The number of para-hydroxylation sites is 1. The highest BCUT2D eigenvalue weighted by molar-refractivity contribution is 8.13. The number of halogens is 2. The number of rotatable bonds is 1. The van der Waals surface area contributed by atoms with Crippen molar-refractivity contribution in [2.75, 3.05) is 6.26 Å². The quantitative estimate of drug-likeness (QED) is 0.347. The van der Waals surface area contributed by atoms with Gasteiger partial charge in [-0.3, -0.25) is 5.32 Å². The molecule has 0 unspecified atom stereocenters. The van der Waals surface area contributed by atoms with Gasteiger partial charge in [0.15, 0.2) is 23.0 Å². The molecule has 0 aliphatic carbocycles. The van der Waals surface area contributed by atoms with Gasteiger partial charge in [-0.05, 0) is 18.4 Å². The van der Waals surface area contributed by atoms with Crippen molar-refractivity contribution in [3.05, 3.63) is 29.8 Å². The molecule has 15 heavy (non-hydrogen) atoms. The molecule has 6 heteroatoms. The number of nitrogens with one attached hydrogen (secondary N) is 1. The zero-order chi connectivity index (χ0) is 11.3. The number of aliphatic imine (C=N–C) groups is 1. The SMILES string of the molecule is CSC(=Nc1c(F)cccc1F)NC#N. The van der Waals surface area contributed by atoms with E-state index in [9.17, 15) is 8.78 Å². The summed E-state index contributed by atoms with van der Waals surface area (Å²) in [5, 5.41) is 10.7. The molecule has 0 aliphatic rings. The largest absolute Gasteiger partial charge is 0.271 e. The molecule has 0 aromatic heterocycles. The van der Waals surface area contributed by atoms with E-state index in [0.29, 0.717) is 0 Å². The fourth-order valence-electron chi connectivity index (χ4n) is 0.870. The molecule has 1 aromatic rings. The second-order valence-electron chi connectivity index (χ2n) is 2.43. The molecule has 0 radical (unpaired) electrons. The number of benzene rings is 1. The smallest absolute Gasteiger partial charge is 0.183 e. The van der Waals surface area contributed by atoms with Crippen LogP contribution in [0.15, 0.2) is 23.2 Å². The summed E-state index contributed by atoms with van der Waals surface area (Å²) >= 11 is 1.09. The highest BCUT2D eigenvalue weighted by Gasteiger charge is 2.08. The molecule has 0 saturated heterocycles. The Morgan fingerprint density at radius 3 is 2.53 bits per heavy atom. The number of amidine groups is 1. The van der Waals surface area contributed by atoms with E-state index in [0.717, 1.165) is 23.9 Å². The van der Waals surface area contributed by atoms with Gasteiger partial charge in [0.05, 0.1) is 0 Å². The molecule has 1 aromatic carbocycles. The van der Waals surface area contributed by atoms with Crippen LogP contribution in [-0.4, -0.2) is 11.4 Å². The molecule has 0 fully saturated rings. The van der Waals surface area contributed by atoms with Crippen LogP contribution in [0.5, 0.6) is 0 Å². The number of hydrogen-bond acceptors (Lipinski definition) is 3. The zero-order valence-corrected chi connectivity index (χ0v) is 8.61. The number of hydrogen-bond donors (Lipinski definition) is 1. The monoisotopic (exact) mass is 227 g/mol. The third kappa shape index (κ3) is 2.92. The molecule has 3 nitrogen and oxygen atoms in total. The third-order valence-corrected chi connectivity index (χ3v) is 2.09. The van der Waals surface area contributed by atoms with Gasteiger partial charge < -0.3 is 0 Å². The van der Waals surface area contributed by atoms with E-state index >= 15 is 0 Å². The lowest BCUT2D eigenvalue weighted by Gasteiger charge is -2.01. The lowest BCUT2D eigenvalue weighted by molar-refractivity contribution is 0.587. The fourth-order valence-corrected chi connectivity index (χ4v) is 1.20. The Balaban J connectivity index is 3.11. The Labute approximate surface area is 89.8 Å². The number of thioether (sulfide) groups is 1. The average molecular weight is 227 g/mol. The van der Waals surface area contributed by atoms with Crippen LogP contribution < -0.4 is 5.32 Å². The first kappa shape index (κ1) is 11.5. The Bertz CT molecular complexity index is 406. The summed E-state index contributed by atoms with van der Waals surface area (Å²) in [7, 11) is 0. The molecule has 0 bridgehead atoms. The first-order valence-electron chi connectivity index (χ1n) is 3.91. The molecule has 1 rings (SSSR count). The molecule has 0 aliphatic heterocycles. The summed E-state index contributed by atoms with van der Waals surface area (Å²) in [6.07, 6.45) is 3.27. The lowest BCUT2D eigenvalue weighted by Crippen LogP contribution is -2.12. The van der Waals surface area contributed by atoms with Crippen molar-refractivity contribution in [2.45, 2.75) is 0 Å². The van der Waals surface area contributed by atoms with Crippen molar-refractivity contribution in [1.29, 1.82) is 5.26 Å². The van der Waals surface area contributed by atoms with Crippen molar-refractivity contribution < 1.29 is 8.78 Å². The van der Waals surface area contributed by atoms with Gasteiger partial charge in [0.25, 0.3) is 0 Å². The minimum absolute atomic E-state index is 0.140. The number of nitrogens with zero attached hydrogens (tertiary/aromatic N) is 2. The van der Waals surface area contributed by atoms with Crippen LogP contribution in [-0.2, 0) is 0 Å². The standard InChI is InChI=1S/C9H7F2N3S/c1-15-9(13-5-12)14-8-6(10)3-2-4-7(8)11/h2-4H,1H3,(H,13,14). The molecular formula is C9H7F2N3S. The molecule has 0 amide bonds. The summed E-state index contributed by atoms with van der Waals surface area (Å²) in [6, 6.07) is 3.46. The van der Waals surface area contributed by atoms with Gasteiger partial charge in [-0.2, -0.15) is 5.26 Å². The van der Waals surface area contributed by atoms with Crippen molar-refractivity contribution >= 4 is 22.6 Å². The maximum Gasteiger partial charge on any atom is 0.183 e. The first-order valence-corrected chi connectivity index (χ1v) is 5.13. The summed E-state index contributed by atoms with van der Waals surface area (Å²) in [5.74, 6) is -1.53. The molecule has 0 spiro atoms. The van der Waals surface area contributed by atoms with Crippen LogP contribution in [0.2, 0.25) is 0 Å². The van der Waals surface area contributed by atoms with Gasteiger partial charge >= 0.3 is 0 Å². The topological polar surface area (TPSA) is 48.2 Å². The lowest BCUT2D eigenvalue weighted by atomic mass is 10.3. The van der Waals surface area contributed by atoms with E-state index in [-0.39, 0.29) is 5.17 Å². The molecule has 78 valence electrons. The van der Waals surface area contributed by atoms with E-state index in [1.54, 1.807) is 12.4 Å². The van der Waals surface area contributed by atoms with Crippen LogP contribution in [0.4, 0.5) is 14.5 Å². The Morgan fingerprint density at radius 2 is 2.07 bits per heavy atom. The highest BCUT2D eigenvalue weighted by Crippen LogP contribution is 2.22. The first-order chi connectivity index (χ1) is 7.19. The van der Waals surface area contributed by atoms with Crippen molar-refractivity contribution in [2.24, 2.45) is 4.99 Å². The summed E-state index contributed by atoms with van der Waals surface area (Å²) in [6.45, 7) is 0. The Hall–Kier alpha value is -1.61. The van der Waals surface area contributed by atoms with E-state index in [1.807, 2.05) is 0 Å². The third-order valence-electron chi connectivity index (χ3n) is 1.51. The minimum Gasteiger partial charge on any atom is -0.271 e. The fraction of sp³-hybridized carbons (Fsp3) is 0.111. The van der Waals surface area contributed by atoms with Crippen LogP contribution in [0.3, 0.4) is 0 Å². The van der Waals surface area contributed by atoms with Crippen molar-refractivity contribution in [3.63, 3.8) is 0 Å². The van der Waals surface area contributed by atoms with Crippen LogP contribution in [0.25, 0.3) is 0 Å². The predicted molar refractivity (Wildman–Crippen MR) is 55.7 cm³/mol. The van der Waals surface area contributed by atoms with E-state index in [1.165, 1.54) is 6.07 Å². The van der Waals surface area contributed by atoms with Gasteiger partial charge in [0, 0.05) is 0 Å². The van der Waals surface area contributed by atoms with Crippen LogP contribution >= 0.6 is 11.8 Å². The van der Waals surface area contributed by atoms with Gasteiger partial charge in [0.2, 0.25) is 0 Å². The minimum atomic E-state index is -0.763. The summed E-state index contributed by atoms with van der Waals surface area (Å²) < 4.78 is 26.2. The predicted octanol–water partition coefficient (Wildman–Crippen LogP) is 2.39. The molecule has 0 saturated carbocycles.